The van der Waals surface area contributed by atoms with Crippen molar-refractivity contribution in [1.29, 1.82) is 0 Å². The Labute approximate surface area is 184 Å². The maximum Gasteiger partial charge on any atom is 0.222 e. The summed E-state index contributed by atoms with van der Waals surface area (Å²) in [4.78, 5) is 18.0. The summed E-state index contributed by atoms with van der Waals surface area (Å²) in [5.74, 6) is 1.05. The summed E-state index contributed by atoms with van der Waals surface area (Å²) >= 11 is 0. The molecule has 2 aromatic carbocycles. The number of carbonyl (C=O) groups excluding carboxylic acids is 1. The minimum atomic E-state index is 0. The molecule has 1 saturated heterocycles. The quantitative estimate of drug-likeness (QED) is 0.368. The Morgan fingerprint density at radius 3 is 2.32 bits per heavy atom. The molecule has 0 radical (unpaired) electrons. The number of aliphatic imine (C=N–C) groups is 1. The molecule has 0 aromatic heterocycles. The van der Waals surface area contributed by atoms with Crippen molar-refractivity contribution in [2.75, 3.05) is 13.6 Å². The number of amides is 1. The van der Waals surface area contributed by atoms with Gasteiger partial charge >= 0.3 is 0 Å². The standard InChI is InChI=1S/C22H28N4O.HI/c1-17-5-3-6-20(13-17)15-25-22(23-2)24-14-18-8-10-19(11-9-18)16-26-12-4-7-21(26)27;/h3,5-6,8-11,13H,4,7,12,14-16H2,1-2H3,(H2,23,24,25);1H. The third-order valence-corrected chi connectivity index (χ3v) is 4.79. The van der Waals surface area contributed by atoms with Gasteiger partial charge in [0.1, 0.15) is 0 Å². The molecule has 1 aliphatic heterocycles. The second-order valence-electron chi connectivity index (χ2n) is 7.00. The van der Waals surface area contributed by atoms with Crippen LogP contribution in [0.15, 0.2) is 53.5 Å². The number of guanidine groups is 1. The van der Waals surface area contributed by atoms with E-state index in [-0.39, 0.29) is 29.9 Å². The van der Waals surface area contributed by atoms with Crippen LogP contribution >= 0.6 is 24.0 Å². The van der Waals surface area contributed by atoms with Crippen molar-refractivity contribution < 1.29 is 4.79 Å². The first-order valence-electron chi connectivity index (χ1n) is 9.50. The second-order valence-corrected chi connectivity index (χ2v) is 7.00. The molecule has 2 N–H and O–H groups in total. The number of likely N-dealkylation sites (tertiary alicyclic amines) is 1. The smallest absolute Gasteiger partial charge is 0.222 e. The number of carbonyl (C=O) groups is 1. The average Bonchev–Trinajstić information content (AvgIpc) is 3.08. The number of nitrogens with one attached hydrogen (secondary N) is 2. The normalized spacial score (nSPS) is 14.0. The lowest BCUT2D eigenvalue weighted by molar-refractivity contribution is -0.128. The van der Waals surface area contributed by atoms with Crippen LogP contribution in [0.25, 0.3) is 0 Å². The first-order valence-corrected chi connectivity index (χ1v) is 9.50. The van der Waals surface area contributed by atoms with Gasteiger partial charge in [0.2, 0.25) is 5.91 Å². The number of benzene rings is 2. The van der Waals surface area contributed by atoms with E-state index in [4.69, 9.17) is 0 Å². The number of rotatable bonds is 6. The topological polar surface area (TPSA) is 56.7 Å². The predicted octanol–water partition coefficient (Wildman–Crippen LogP) is 3.60. The van der Waals surface area contributed by atoms with Gasteiger partial charge in [-0.1, -0.05) is 54.1 Å². The zero-order chi connectivity index (χ0) is 19.1. The fourth-order valence-electron chi connectivity index (χ4n) is 3.27. The Balaban J connectivity index is 0.00000280. The third-order valence-electron chi connectivity index (χ3n) is 4.79. The lowest BCUT2D eigenvalue weighted by atomic mass is 10.1. The van der Waals surface area contributed by atoms with Gasteiger partial charge in [0.25, 0.3) is 0 Å². The zero-order valence-electron chi connectivity index (χ0n) is 16.6. The summed E-state index contributed by atoms with van der Waals surface area (Å²) in [7, 11) is 1.78. The van der Waals surface area contributed by atoms with Crippen LogP contribution in [0.5, 0.6) is 0 Å². The van der Waals surface area contributed by atoms with Crippen molar-refractivity contribution in [2.24, 2.45) is 4.99 Å². The Morgan fingerprint density at radius 2 is 1.71 bits per heavy atom. The molecule has 0 unspecified atom stereocenters. The van der Waals surface area contributed by atoms with Gasteiger partial charge in [-0.25, -0.2) is 0 Å². The summed E-state index contributed by atoms with van der Waals surface area (Å²) in [6.45, 7) is 5.14. The molecule has 2 aromatic rings. The summed E-state index contributed by atoms with van der Waals surface area (Å²) in [6, 6.07) is 16.9. The van der Waals surface area contributed by atoms with Gasteiger partial charge in [-0.05, 0) is 30.0 Å². The predicted molar refractivity (Wildman–Crippen MR) is 125 cm³/mol. The monoisotopic (exact) mass is 492 g/mol. The van der Waals surface area contributed by atoms with Crippen LogP contribution in [0.4, 0.5) is 0 Å². The summed E-state index contributed by atoms with van der Waals surface area (Å²) in [6.07, 6.45) is 1.67. The van der Waals surface area contributed by atoms with Crippen molar-refractivity contribution in [3.05, 3.63) is 70.8 Å². The number of nitrogens with zero attached hydrogens (tertiary/aromatic N) is 2. The second kappa shape index (κ2) is 11.0. The van der Waals surface area contributed by atoms with E-state index >= 15 is 0 Å². The summed E-state index contributed by atoms with van der Waals surface area (Å²) in [5.41, 5.74) is 4.85. The van der Waals surface area contributed by atoms with Crippen molar-refractivity contribution in [3.63, 3.8) is 0 Å². The van der Waals surface area contributed by atoms with Gasteiger partial charge in [-0.3, -0.25) is 9.79 Å². The number of halogens is 1. The Kier molecular flexibility index (Phi) is 8.76. The van der Waals surface area contributed by atoms with Crippen LogP contribution in [0.2, 0.25) is 0 Å². The first-order chi connectivity index (χ1) is 13.1. The molecular formula is C22H29IN4O. The van der Waals surface area contributed by atoms with Gasteiger partial charge in [0, 0.05) is 39.6 Å². The average molecular weight is 492 g/mol. The minimum Gasteiger partial charge on any atom is -0.352 e. The zero-order valence-corrected chi connectivity index (χ0v) is 18.9. The largest absolute Gasteiger partial charge is 0.352 e. The Morgan fingerprint density at radius 1 is 1.04 bits per heavy atom. The molecule has 0 bridgehead atoms. The Bertz CT molecular complexity index is 804. The van der Waals surface area contributed by atoms with Gasteiger partial charge < -0.3 is 15.5 Å². The third kappa shape index (κ3) is 6.51. The van der Waals surface area contributed by atoms with E-state index < -0.39 is 0 Å². The molecule has 3 rings (SSSR count). The van der Waals surface area contributed by atoms with Crippen LogP contribution in [-0.2, 0) is 24.4 Å². The molecule has 0 saturated carbocycles. The van der Waals surface area contributed by atoms with Gasteiger partial charge in [-0.2, -0.15) is 0 Å². The van der Waals surface area contributed by atoms with Crippen LogP contribution in [0.1, 0.15) is 35.1 Å². The van der Waals surface area contributed by atoms with Gasteiger partial charge in [0.05, 0.1) is 0 Å². The fraction of sp³-hybridized carbons (Fsp3) is 0.364. The molecule has 150 valence electrons. The highest BCUT2D eigenvalue weighted by Crippen LogP contribution is 2.14. The SMILES string of the molecule is CN=C(NCc1ccc(CN2CCCC2=O)cc1)NCc1cccc(C)c1.I. The van der Waals surface area contributed by atoms with Gasteiger partial charge in [0.15, 0.2) is 5.96 Å². The molecule has 5 nitrogen and oxygen atoms in total. The number of hydrogen-bond donors (Lipinski definition) is 2. The lowest BCUT2D eigenvalue weighted by Gasteiger charge is -2.16. The molecule has 1 fully saturated rings. The van der Waals surface area contributed by atoms with E-state index in [9.17, 15) is 4.79 Å². The highest BCUT2D eigenvalue weighted by Gasteiger charge is 2.19. The molecule has 6 heteroatoms. The summed E-state index contributed by atoms with van der Waals surface area (Å²) in [5, 5.41) is 6.69. The summed E-state index contributed by atoms with van der Waals surface area (Å²) < 4.78 is 0. The molecule has 0 aliphatic carbocycles. The van der Waals surface area contributed by atoms with E-state index in [2.05, 4.69) is 71.1 Å². The van der Waals surface area contributed by atoms with E-state index in [0.29, 0.717) is 19.5 Å². The fourth-order valence-corrected chi connectivity index (χ4v) is 3.27. The Hall–Kier alpha value is -2.09. The van der Waals surface area contributed by atoms with Crippen LogP contribution in [-0.4, -0.2) is 30.4 Å². The van der Waals surface area contributed by atoms with Crippen LogP contribution in [0, 0.1) is 6.92 Å². The molecule has 0 atom stereocenters. The molecule has 0 spiro atoms. The molecule has 28 heavy (non-hydrogen) atoms. The van der Waals surface area contributed by atoms with Gasteiger partial charge in [-0.15, -0.1) is 24.0 Å². The molecule has 1 aliphatic rings. The lowest BCUT2D eigenvalue weighted by Crippen LogP contribution is -2.36. The number of aryl methyl sites for hydroxylation is 1. The van der Waals surface area contributed by atoms with E-state index in [0.717, 1.165) is 25.5 Å². The van der Waals surface area contributed by atoms with Crippen molar-refractivity contribution >= 4 is 35.8 Å². The van der Waals surface area contributed by atoms with Crippen LogP contribution < -0.4 is 10.6 Å². The van der Waals surface area contributed by atoms with Crippen LogP contribution in [0.3, 0.4) is 0 Å². The highest BCUT2D eigenvalue weighted by molar-refractivity contribution is 14.0. The van der Waals surface area contributed by atoms with E-state index in [1.807, 2.05) is 4.90 Å². The maximum atomic E-state index is 11.7. The highest BCUT2D eigenvalue weighted by atomic mass is 127. The van der Waals surface area contributed by atoms with E-state index in [1.54, 1.807) is 7.05 Å². The maximum absolute atomic E-state index is 11.7. The van der Waals surface area contributed by atoms with Crippen molar-refractivity contribution in [3.8, 4) is 0 Å². The van der Waals surface area contributed by atoms with E-state index in [1.165, 1.54) is 22.3 Å². The van der Waals surface area contributed by atoms with Crippen molar-refractivity contribution in [2.45, 2.75) is 39.4 Å². The molecular weight excluding hydrogens is 463 g/mol. The number of hydrogen-bond acceptors (Lipinski definition) is 2. The minimum absolute atomic E-state index is 0. The van der Waals surface area contributed by atoms with Crippen molar-refractivity contribution in [1.82, 2.24) is 15.5 Å². The first kappa shape index (κ1) is 22.2. The molecule has 1 amide bonds. The molecule has 1 heterocycles.